The normalized spacial score (nSPS) is 14.6. The molecular weight excluding hydrogens is 768 g/mol. The lowest BCUT2D eigenvalue weighted by molar-refractivity contribution is -0.870. The number of allylic oxidation sites excluding steroid dienone is 7. The topological polar surface area (TPSA) is 108 Å². The number of hydrogen-bond acceptors (Lipinski definition) is 6. The van der Waals surface area contributed by atoms with Crippen LogP contribution >= 0.6 is 7.82 Å². The quantitative estimate of drug-likeness (QED) is 0.0273. The average Bonchev–Trinajstić information content (AvgIpc) is 3.20. The van der Waals surface area contributed by atoms with Gasteiger partial charge in [-0.25, -0.2) is 0 Å². The highest BCUT2D eigenvalue weighted by molar-refractivity contribution is 7.45. The number of nitrogens with one attached hydrogen (secondary N) is 1. The van der Waals surface area contributed by atoms with Gasteiger partial charge >= 0.3 is 0 Å². The van der Waals surface area contributed by atoms with Crippen LogP contribution in [0.25, 0.3) is 0 Å². The van der Waals surface area contributed by atoms with Crippen molar-refractivity contribution in [3.8, 4) is 0 Å². The Kier molecular flexibility index (Phi) is 41.6. The standard InChI is InChI=1S/C51H97N2O6P/c1-6-8-10-12-14-16-18-20-22-23-24-25-26-27-28-29-31-33-35-37-39-41-43-45-51(55)52-49(48-59-60(56,57)58-47-46-53(3,4)5)50(54)44-42-40-38-36-34-32-30-21-19-17-15-13-11-9-7-2/h19,21,23-24,34,36,42,44,49-50,54H,6-18,20,22,25-33,35,37-41,43,45-48H2,1-5H3,(H-,52,55,56,57)/b21-19+,24-23-,36-34+,44-42+. The number of nitrogens with zero attached hydrogens (tertiary/aromatic N) is 1. The Labute approximate surface area is 371 Å². The lowest BCUT2D eigenvalue weighted by Gasteiger charge is -2.29. The molecule has 3 atom stereocenters. The second-order valence-electron chi connectivity index (χ2n) is 18.1. The number of amides is 1. The summed E-state index contributed by atoms with van der Waals surface area (Å²) in [6.45, 7) is 4.61. The van der Waals surface area contributed by atoms with E-state index in [-0.39, 0.29) is 12.5 Å². The Hall–Kier alpha value is -1.54. The molecular formula is C51H97N2O6P. The molecule has 1 amide bonds. The van der Waals surface area contributed by atoms with E-state index in [4.69, 9.17) is 9.05 Å². The van der Waals surface area contributed by atoms with E-state index in [2.05, 4.69) is 55.6 Å². The summed E-state index contributed by atoms with van der Waals surface area (Å²) in [6.07, 6.45) is 54.6. The van der Waals surface area contributed by atoms with Crippen LogP contribution in [-0.2, 0) is 18.4 Å². The van der Waals surface area contributed by atoms with Gasteiger partial charge in [-0.3, -0.25) is 9.36 Å². The van der Waals surface area contributed by atoms with Gasteiger partial charge in [0.05, 0.1) is 39.9 Å². The van der Waals surface area contributed by atoms with Crippen LogP contribution in [-0.4, -0.2) is 68.5 Å². The molecule has 0 fully saturated rings. The number of unbranched alkanes of at least 4 members (excludes halogenated alkanes) is 26. The first-order chi connectivity index (χ1) is 29.0. The predicted molar refractivity (Wildman–Crippen MR) is 256 cm³/mol. The molecule has 2 N–H and O–H groups in total. The van der Waals surface area contributed by atoms with E-state index >= 15 is 0 Å². The van der Waals surface area contributed by atoms with Gasteiger partial charge in [-0.05, 0) is 70.6 Å². The minimum Gasteiger partial charge on any atom is -0.756 e. The zero-order valence-electron chi connectivity index (χ0n) is 39.9. The fourth-order valence-electron chi connectivity index (χ4n) is 7.00. The molecule has 8 nitrogen and oxygen atoms in total. The second kappa shape index (κ2) is 42.7. The Morgan fingerprint density at radius 3 is 1.35 bits per heavy atom. The number of likely N-dealkylation sites (N-methyl/N-ethyl adjacent to an activating group) is 1. The van der Waals surface area contributed by atoms with E-state index in [0.29, 0.717) is 17.4 Å². The molecule has 3 unspecified atom stereocenters. The number of rotatable bonds is 45. The minimum absolute atomic E-state index is 0.00969. The second-order valence-corrected chi connectivity index (χ2v) is 19.6. The van der Waals surface area contributed by atoms with Gasteiger partial charge in [0.1, 0.15) is 13.2 Å². The van der Waals surface area contributed by atoms with Gasteiger partial charge in [0.25, 0.3) is 7.82 Å². The van der Waals surface area contributed by atoms with E-state index in [9.17, 15) is 19.4 Å². The molecule has 0 aliphatic carbocycles. The van der Waals surface area contributed by atoms with Crippen molar-refractivity contribution in [2.45, 2.75) is 231 Å². The van der Waals surface area contributed by atoms with Crippen molar-refractivity contribution in [1.82, 2.24) is 5.32 Å². The smallest absolute Gasteiger partial charge is 0.268 e. The molecule has 0 aromatic carbocycles. The lowest BCUT2D eigenvalue weighted by atomic mass is 10.0. The number of carbonyl (C=O) groups excluding carboxylic acids is 1. The van der Waals surface area contributed by atoms with Gasteiger partial charge in [0, 0.05) is 6.42 Å². The van der Waals surface area contributed by atoms with E-state index < -0.39 is 26.6 Å². The third-order valence-electron chi connectivity index (χ3n) is 11.0. The monoisotopic (exact) mass is 865 g/mol. The van der Waals surface area contributed by atoms with Crippen LogP contribution < -0.4 is 10.2 Å². The van der Waals surface area contributed by atoms with Crippen LogP contribution in [0.4, 0.5) is 0 Å². The number of quaternary nitrogens is 1. The summed E-state index contributed by atoms with van der Waals surface area (Å²) in [5.74, 6) is -0.213. The third kappa shape index (κ3) is 44.5. The molecule has 0 aliphatic heterocycles. The molecule has 0 aliphatic rings. The van der Waals surface area contributed by atoms with Gasteiger partial charge in [-0.15, -0.1) is 0 Å². The maximum absolute atomic E-state index is 12.9. The number of aliphatic hydroxyl groups is 1. The number of phosphoric ester groups is 1. The molecule has 9 heteroatoms. The molecule has 0 saturated heterocycles. The number of aliphatic hydroxyl groups excluding tert-OH is 1. The number of carbonyl (C=O) groups is 1. The maximum atomic E-state index is 12.9. The number of hydrogen-bond donors (Lipinski definition) is 2. The molecule has 0 aromatic rings. The zero-order chi connectivity index (χ0) is 44.3. The van der Waals surface area contributed by atoms with Crippen molar-refractivity contribution in [2.75, 3.05) is 40.9 Å². The van der Waals surface area contributed by atoms with Gasteiger partial charge in [-0.1, -0.05) is 191 Å². The minimum atomic E-state index is -4.60. The summed E-state index contributed by atoms with van der Waals surface area (Å²) in [5.41, 5.74) is 0. The number of phosphoric acid groups is 1. The van der Waals surface area contributed by atoms with Crippen molar-refractivity contribution >= 4 is 13.7 Å². The molecule has 0 spiro atoms. The highest BCUT2D eigenvalue weighted by Gasteiger charge is 2.23. The summed E-state index contributed by atoms with van der Waals surface area (Å²) in [6, 6.07) is -0.909. The first-order valence-corrected chi connectivity index (χ1v) is 26.5. The maximum Gasteiger partial charge on any atom is 0.268 e. The fourth-order valence-corrected chi connectivity index (χ4v) is 7.73. The fraction of sp³-hybridized carbons (Fsp3) is 0.824. The van der Waals surface area contributed by atoms with Crippen LogP contribution in [0.5, 0.6) is 0 Å². The highest BCUT2D eigenvalue weighted by Crippen LogP contribution is 2.38. The van der Waals surface area contributed by atoms with E-state index in [1.54, 1.807) is 6.08 Å². The molecule has 352 valence electrons. The van der Waals surface area contributed by atoms with Crippen molar-refractivity contribution in [1.29, 1.82) is 0 Å². The Balaban J connectivity index is 4.32. The lowest BCUT2D eigenvalue weighted by Crippen LogP contribution is -2.45. The van der Waals surface area contributed by atoms with Crippen molar-refractivity contribution < 1.29 is 32.9 Å². The Morgan fingerprint density at radius 2 is 0.933 bits per heavy atom. The van der Waals surface area contributed by atoms with Gasteiger partial charge in [-0.2, -0.15) is 0 Å². The molecule has 0 aromatic heterocycles. The molecule has 0 heterocycles. The average molecular weight is 865 g/mol. The van der Waals surface area contributed by atoms with Gasteiger partial charge in [0.2, 0.25) is 5.91 Å². The largest absolute Gasteiger partial charge is 0.756 e. The van der Waals surface area contributed by atoms with Crippen molar-refractivity contribution in [3.63, 3.8) is 0 Å². The van der Waals surface area contributed by atoms with E-state index in [1.807, 2.05) is 27.2 Å². The van der Waals surface area contributed by atoms with Crippen LogP contribution in [0.1, 0.15) is 219 Å². The summed E-state index contributed by atoms with van der Waals surface area (Å²) in [5, 5.41) is 13.8. The highest BCUT2D eigenvalue weighted by atomic mass is 31.2. The van der Waals surface area contributed by atoms with Crippen LogP contribution in [0.15, 0.2) is 48.6 Å². The molecule has 0 bridgehead atoms. The molecule has 60 heavy (non-hydrogen) atoms. The summed E-state index contributed by atoms with van der Waals surface area (Å²) < 4.78 is 23.2. The van der Waals surface area contributed by atoms with Crippen LogP contribution in [0.3, 0.4) is 0 Å². The Morgan fingerprint density at radius 1 is 0.567 bits per heavy atom. The van der Waals surface area contributed by atoms with Crippen molar-refractivity contribution in [3.05, 3.63) is 48.6 Å². The Bertz CT molecular complexity index is 1120. The molecule has 0 rings (SSSR count). The first kappa shape index (κ1) is 58.5. The van der Waals surface area contributed by atoms with Crippen LogP contribution in [0, 0.1) is 0 Å². The SMILES string of the molecule is CCCCCCC/C=C/CC/C=C/CC/C=C/C(O)C(COP(=O)([O-])OCC[N+](C)(C)C)NC(=O)CCCCCCCCCCCCC/C=C\CCCCCCCCCC. The molecule has 0 saturated carbocycles. The summed E-state index contributed by atoms with van der Waals surface area (Å²) in [4.78, 5) is 25.4. The molecule has 0 radical (unpaired) electrons. The summed E-state index contributed by atoms with van der Waals surface area (Å²) >= 11 is 0. The van der Waals surface area contributed by atoms with Gasteiger partial charge < -0.3 is 28.8 Å². The predicted octanol–water partition coefficient (Wildman–Crippen LogP) is 13.8. The third-order valence-corrected chi connectivity index (χ3v) is 12.0. The van der Waals surface area contributed by atoms with E-state index in [0.717, 1.165) is 44.9 Å². The first-order valence-electron chi connectivity index (χ1n) is 25.0. The van der Waals surface area contributed by atoms with E-state index in [1.165, 1.54) is 154 Å². The van der Waals surface area contributed by atoms with Crippen molar-refractivity contribution in [2.24, 2.45) is 0 Å². The summed E-state index contributed by atoms with van der Waals surface area (Å²) in [7, 11) is 1.23. The van der Waals surface area contributed by atoms with Crippen LogP contribution in [0.2, 0.25) is 0 Å². The van der Waals surface area contributed by atoms with Gasteiger partial charge in [0.15, 0.2) is 0 Å². The zero-order valence-corrected chi connectivity index (χ0v) is 40.8.